The maximum atomic E-state index is 12.6. The molecule has 0 unspecified atom stereocenters. The number of aryl methyl sites for hydroxylation is 2. The van der Waals surface area contributed by atoms with E-state index >= 15 is 0 Å². The number of rotatable bonds is 4. The molecule has 6 heteroatoms. The Hall–Kier alpha value is -2.47. The molecule has 0 spiro atoms. The number of nitrogens with zero attached hydrogens (tertiary/aromatic N) is 3. The van der Waals surface area contributed by atoms with Gasteiger partial charge in [0.2, 0.25) is 5.91 Å². The van der Waals surface area contributed by atoms with Gasteiger partial charge in [-0.15, -0.1) is 11.3 Å². The number of nitrogens with one attached hydrogen (secondary N) is 1. The highest BCUT2D eigenvalue weighted by atomic mass is 32.1. The standard InChI is InChI=1S/C20H22N4OS/c1-13-18(26-14(2)22-13)12-19(25)23-16-7-8-17(24-10-3-4-11-24)20-15(16)6-5-9-21-20/h5-9H,3-4,10-12H2,1-2H3,(H,23,25). The predicted molar refractivity (Wildman–Crippen MR) is 107 cm³/mol. The van der Waals surface area contributed by atoms with Gasteiger partial charge in [0.05, 0.1) is 34.0 Å². The van der Waals surface area contributed by atoms with Crippen LogP contribution >= 0.6 is 11.3 Å². The van der Waals surface area contributed by atoms with E-state index in [9.17, 15) is 4.79 Å². The quantitative estimate of drug-likeness (QED) is 0.755. The number of fused-ring (bicyclic) bond motifs is 1. The van der Waals surface area contributed by atoms with E-state index in [2.05, 4.69) is 26.3 Å². The Morgan fingerprint density at radius 1 is 1.23 bits per heavy atom. The fourth-order valence-corrected chi connectivity index (χ4v) is 4.49. The van der Waals surface area contributed by atoms with Crippen molar-refractivity contribution < 1.29 is 4.79 Å². The van der Waals surface area contributed by atoms with Crippen LogP contribution in [0.4, 0.5) is 11.4 Å². The lowest BCUT2D eigenvalue weighted by Gasteiger charge is -2.20. The van der Waals surface area contributed by atoms with Gasteiger partial charge in [-0.25, -0.2) is 4.98 Å². The van der Waals surface area contributed by atoms with Crippen LogP contribution in [0.1, 0.15) is 28.4 Å². The SMILES string of the molecule is Cc1nc(C)c(CC(=O)Nc2ccc(N3CCCC3)c3ncccc23)s1. The third-order valence-electron chi connectivity index (χ3n) is 4.79. The summed E-state index contributed by atoms with van der Waals surface area (Å²) in [5.74, 6) is -0.0178. The second-order valence-electron chi connectivity index (χ2n) is 6.69. The zero-order chi connectivity index (χ0) is 18.1. The smallest absolute Gasteiger partial charge is 0.229 e. The molecule has 1 aromatic carbocycles. The topological polar surface area (TPSA) is 58.1 Å². The Morgan fingerprint density at radius 3 is 2.77 bits per heavy atom. The number of carbonyl (C=O) groups is 1. The molecule has 1 fully saturated rings. The van der Waals surface area contributed by atoms with Gasteiger partial charge in [-0.1, -0.05) is 0 Å². The molecule has 3 aromatic rings. The lowest BCUT2D eigenvalue weighted by atomic mass is 10.1. The number of pyridine rings is 1. The van der Waals surface area contributed by atoms with Crippen molar-refractivity contribution in [2.24, 2.45) is 0 Å². The molecule has 4 rings (SSSR count). The van der Waals surface area contributed by atoms with Gasteiger partial charge in [0.1, 0.15) is 0 Å². The van der Waals surface area contributed by atoms with E-state index < -0.39 is 0 Å². The average molecular weight is 366 g/mol. The summed E-state index contributed by atoms with van der Waals surface area (Å²) >= 11 is 1.59. The van der Waals surface area contributed by atoms with Crippen molar-refractivity contribution in [3.8, 4) is 0 Å². The molecule has 1 aliphatic rings. The predicted octanol–water partition coefficient (Wildman–Crippen LogP) is 4.09. The summed E-state index contributed by atoms with van der Waals surface area (Å²) in [6.45, 7) is 6.06. The Balaban J connectivity index is 1.61. The summed E-state index contributed by atoms with van der Waals surface area (Å²) in [5, 5.41) is 5.05. The van der Waals surface area contributed by atoms with Crippen LogP contribution in [0.5, 0.6) is 0 Å². The molecule has 0 radical (unpaired) electrons. The molecule has 3 heterocycles. The van der Waals surface area contributed by atoms with Crippen LogP contribution in [0.2, 0.25) is 0 Å². The van der Waals surface area contributed by atoms with Gasteiger partial charge in [-0.3, -0.25) is 9.78 Å². The average Bonchev–Trinajstić information content (AvgIpc) is 3.25. The number of thiazole rings is 1. The molecule has 5 nitrogen and oxygen atoms in total. The molecule has 1 aliphatic heterocycles. The van der Waals surface area contributed by atoms with Gasteiger partial charge < -0.3 is 10.2 Å². The van der Waals surface area contributed by atoms with Crippen molar-refractivity contribution in [1.82, 2.24) is 9.97 Å². The molecule has 1 saturated heterocycles. The van der Waals surface area contributed by atoms with Crippen LogP contribution in [0.3, 0.4) is 0 Å². The number of hydrogen-bond donors (Lipinski definition) is 1. The summed E-state index contributed by atoms with van der Waals surface area (Å²) in [6.07, 6.45) is 4.62. The minimum atomic E-state index is -0.0178. The van der Waals surface area contributed by atoms with Crippen molar-refractivity contribution in [2.45, 2.75) is 33.1 Å². The van der Waals surface area contributed by atoms with Gasteiger partial charge >= 0.3 is 0 Å². The first-order valence-corrected chi connectivity index (χ1v) is 9.79. The molecule has 134 valence electrons. The molecular weight excluding hydrogens is 344 g/mol. The molecule has 26 heavy (non-hydrogen) atoms. The summed E-state index contributed by atoms with van der Waals surface area (Å²) in [6, 6.07) is 8.03. The monoisotopic (exact) mass is 366 g/mol. The van der Waals surface area contributed by atoms with Crippen molar-refractivity contribution in [1.29, 1.82) is 0 Å². The van der Waals surface area contributed by atoms with E-state index in [-0.39, 0.29) is 5.91 Å². The zero-order valence-electron chi connectivity index (χ0n) is 15.1. The van der Waals surface area contributed by atoms with Crippen LogP contribution in [0, 0.1) is 13.8 Å². The summed E-state index contributed by atoms with van der Waals surface area (Å²) in [7, 11) is 0. The van der Waals surface area contributed by atoms with Crippen molar-refractivity contribution in [3.05, 3.63) is 46.0 Å². The number of amides is 1. The van der Waals surface area contributed by atoms with Crippen molar-refractivity contribution in [2.75, 3.05) is 23.3 Å². The van der Waals surface area contributed by atoms with E-state index in [1.807, 2.05) is 38.2 Å². The van der Waals surface area contributed by atoms with E-state index in [0.717, 1.165) is 50.9 Å². The second-order valence-corrected chi connectivity index (χ2v) is 7.98. The molecule has 0 bridgehead atoms. The maximum absolute atomic E-state index is 12.6. The minimum Gasteiger partial charge on any atom is -0.370 e. The first-order chi connectivity index (χ1) is 12.6. The lowest BCUT2D eigenvalue weighted by Crippen LogP contribution is -2.19. The van der Waals surface area contributed by atoms with Crippen molar-refractivity contribution in [3.63, 3.8) is 0 Å². The molecule has 0 aliphatic carbocycles. The van der Waals surface area contributed by atoms with E-state index in [1.165, 1.54) is 12.8 Å². The first kappa shape index (κ1) is 17.0. The fourth-order valence-electron chi connectivity index (χ4n) is 3.56. The minimum absolute atomic E-state index is 0.0178. The van der Waals surface area contributed by atoms with Gasteiger partial charge in [-0.05, 0) is 51.0 Å². The van der Waals surface area contributed by atoms with E-state index in [4.69, 9.17) is 0 Å². The van der Waals surface area contributed by atoms with Gasteiger partial charge in [0, 0.05) is 29.5 Å². The van der Waals surface area contributed by atoms with Crippen LogP contribution in [0.25, 0.3) is 10.9 Å². The van der Waals surface area contributed by atoms with Gasteiger partial charge in [0.15, 0.2) is 0 Å². The Kier molecular flexibility index (Phi) is 4.59. The molecule has 1 amide bonds. The normalized spacial score (nSPS) is 14.2. The third-order valence-corrected chi connectivity index (χ3v) is 5.86. The number of carbonyl (C=O) groups excluding carboxylic acids is 1. The first-order valence-electron chi connectivity index (χ1n) is 8.97. The highest BCUT2D eigenvalue weighted by Crippen LogP contribution is 2.32. The Bertz CT molecular complexity index is 960. The Morgan fingerprint density at radius 2 is 2.04 bits per heavy atom. The third kappa shape index (κ3) is 3.29. The Labute approximate surface area is 157 Å². The molecule has 0 saturated carbocycles. The molecule has 1 N–H and O–H groups in total. The van der Waals surface area contributed by atoms with Crippen LogP contribution in [0.15, 0.2) is 30.5 Å². The maximum Gasteiger partial charge on any atom is 0.229 e. The van der Waals surface area contributed by atoms with Crippen LogP contribution in [-0.4, -0.2) is 29.0 Å². The second kappa shape index (κ2) is 7.03. The molecule has 0 atom stereocenters. The summed E-state index contributed by atoms with van der Waals surface area (Å²) in [4.78, 5) is 25.0. The van der Waals surface area contributed by atoms with Gasteiger partial charge in [0.25, 0.3) is 0 Å². The lowest BCUT2D eigenvalue weighted by molar-refractivity contribution is -0.115. The molecular formula is C20H22N4OS. The molecule has 2 aromatic heterocycles. The van der Waals surface area contributed by atoms with Crippen molar-refractivity contribution >= 4 is 39.5 Å². The number of benzene rings is 1. The highest BCUT2D eigenvalue weighted by Gasteiger charge is 2.18. The van der Waals surface area contributed by atoms with Crippen LogP contribution in [-0.2, 0) is 11.2 Å². The highest BCUT2D eigenvalue weighted by molar-refractivity contribution is 7.11. The van der Waals surface area contributed by atoms with E-state index in [0.29, 0.717) is 6.42 Å². The van der Waals surface area contributed by atoms with E-state index in [1.54, 1.807) is 11.3 Å². The van der Waals surface area contributed by atoms with Crippen LogP contribution < -0.4 is 10.2 Å². The largest absolute Gasteiger partial charge is 0.370 e. The summed E-state index contributed by atoms with van der Waals surface area (Å²) < 4.78 is 0. The summed E-state index contributed by atoms with van der Waals surface area (Å²) in [5.41, 5.74) is 3.88. The number of hydrogen-bond acceptors (Lipinski definition) is 5. The fraction of sp³-hybridized carbons (Fsp3) is 0.350. The van der Waals surface area contributed by atoms with Gasteiger partial charge in [-0.2, -0.15) is 0 Å². The zero-order valence-corrected chi connectivity index (χ0v) is 15.9. The number of aromatic nitrogens is 2. The number of anilines is 2.